The molecule has 2 aromatic carbocycles. The molecule has 1 aliphatic rings. The van der Waals surface area contributed by atoms with Gasteiger partial charge in [0.25, 0.3) is 0 Å². The van der Waals surface area contributed by atoms with E-state index in [1.54, 1.807) is 0 Å². The van der Waals surface area contributed by atoms with Crippen LogP contribution in [0.3, 0.4) is 0 Å². The first-order chi connectivity index (χ1) is 8.25. The van der Waals surface area contributed by atoms with E-state index in [0.29, 0.717) is 0 Å². The minimum absolute atomic E-state index is 1.05. The van der Waals surface area contributed by atoms with Crippen LogP contribution in [0, 0.1) is 0 Å². The zero-order valence-electron chi connectivity index (χ0n) is 9.85. The maximum Gasteiger partial charge on any atom is 0.0443 e. The highest BCUT2D eigenvalue weighted by molar-refractivity contribution is 7.80. The highest BCUT2D eigenvalue weighted by atomic mass is 32.1. The smallest absolute Gasteiger partial charge is 0.0443 e. The molecule has 0 spiro atoms. The second-order valence-electron chi connectivity index (χ2n) is 4.53. The van der Waals surface area contributed by atoms with Gasteiger partial charge < -0.3 is 4.90 Å². The Morgan fingerprint density at radius 3 is 2.76 bits per heavy atom. The van der Waals surface area contributed by atoms with E-state index in [0.717, 1.165) is 17.9 Å². The Labute approximate surface area is 107 Å². The van der Waals surface area contributed by atoms with Gasteiger partial charge in [0, 0.05) is 29.7 Å². The topological polar surface area (TPSA) is 3.24 Å². The molecule has 0 fully saturated rings. The van der Waals surface area contributed by atoms with Crippen LogP contribution in [0.5, 0.6) is 0 Å². The van der Waals surface area contributed by atoms with Crippen molar-refractivity contribution in [2.24, 2.45) is 0 Å². The molecule has 0 aromatic heterocycles. The number of hydrogen-bond acceptors (Lipinski definition) is 2. The van der Waals surface area contributed by atoms with Crippen LogP contribution in [0.25, 0.3) is 11.1 Å². The third-order valence-corrected chi connectivity index (χ3v) is 3.69. The summed E-state index contributed by atoms with van der Waals surface area (Å²) in [7, 11) is 2.16. The fourth-order valence-corrected chi connectivity index (χ4v) is 2.72. The van der Waals surface area contributed by atoms with E-state index in [2.05, 4.69) is 67.0 Å². The standard InChI is InChI=1S/C15H15NS/c1-16-9-8-11-10-12(17)6-7-13(11)14-4-2-3-5-15(14)16/h2-7,10,17H,8-9H2,1H3. The van der Waals surface area contributed by atoms with E-state index in [-0.39, 0.29) is 0 Å². The number of thiol groups is 1. The largest absolute Gasteiger partial charge is 0.374 e. The molecule has 2 heteroatoms. The third-order valence-electron chi connectivity index (χ3n) is 3.41. The first-order valence-electron chi connectivity index (χ1n) is 5.88. The first kappa shape index (κ1) is 10.7. The van der Waals surface area contributed by atoms with Gasteiger partial charge in [-0.3, -0.25) is 0 Å². The minimum Gasteiger partial charge on any atom is -0.374 e. The van der Waals surface area contributed by atoms with E-state index in [1.807, 2.05) is 0 Å². The average molecular weight is 241 g/mol. The summed E-state index contributed by atoms with van der Waals surface area (Å²) in [6.07, 6.45) is 1.08. The molecule has 0 amide bonds. The molecule has 0 saturated carbocycles. The summed E-state index contributed by atoms with van der Waals surface area (Å²) in [5.41, 5.74) is 5.39. The molecule has 0 N–H and O–H groups in total. The molecule has 2 aromatic rings. The molecular weight excluding hydrogens is 226 g/mol. The zero-order valence-corrected chi connectivity index (χ0v) is 10.7. The van der Waals surface area contributed by atoms with Gasteiger partial charge in [-0.15, -0.1) is 12.6 Å². The predicted molar refractivity (Wildman–Crippen MR) is 76.1 cm³/mol. The lowest BCUT2D eigenvalue weighted by Crippen LogP contribution is -2.18. The molecular formula is C15H15NS. The lowest BCUT2D eigenvalue weighted by Gasteiger charge is -2.18. The predicted octanol–water partition coefficient (Wildman–Crippen LogP) is 3.63. The number of hydrogen-bond donors (Lipinski definition) is 1. The van der Waals surface area contributed by atoms with Gasteiger partial charge in [-0.25, -0.2) is 0 Å². The highest BCUT2D eigenvalue weighted by Crippen LogP contribution is 2.36. The van der Waals surface area contributed by atoms with Gasteiger partial charge in [0.15, 0.2) is 0 Å². The van der Waals surface area contributed by atoms with Gasteiger partial charge in [0.05, 0.1) is 0 Å². The van der Waals surface area contributed by atoms with Gasteiger partial charge >= 0.3 is 0 Å². The Hall–Kier alpha value is -1.41. The van der Waals surface area contributed by atoms with E-state index in [1.165, 1.54) is 22.4 Å². The summed E-state index contributed by atoms with van der Waals surface area (Å²) < 4.78 is 0. The van der Waals surface area contributed by atoms with E-state index in [4.69, 9.17) is 0 Å². The van der Waals surface area contributed by atoms with Crippen molar-refractivity contribution in [1.82, 2.24) is 0 Å². The maximum atomic E-state index is 4.43. The fourth-order valence-electron chi connectivity index (χ4n) is 2.49. The normalized spacial score (nSPS) is 13.9. The summed E-state index contributed by atoms with van der Waals surface area (Å²) in [5.74, 6) is 0. The minimum atomic E-state index is 1.05. The number of nitrogens with zero attached hydrogens (tertiary/aromatic N) is 1. The Morgan fingerprint density at radius 2 is 1.88 bits per heavy atom. The molecule has 3 rings (SSSR count). The molecule has 17 heavy (non-hydrogen) atoms. The summed E-state index contributed by atoms with van der Waals surface area (Å²) in [6, 6.07) is 15.1. The summed E-state index contributed by atoms with van der Waals surface area (Å²) >= 11 is 4.43. The number of benzene rings is 2. The number of anilines is 1. The Morgan fingerprint density at radius 1 is 1.06 bits per heavy atom. The van der Waals surface area contributed by atoms with Gasteiger partial charge in [-0.05, 0) is 35.7 Å². The molecule has 0 radical (unpaired) electrons. The fraction of sp³-hybridized carbons (Fsp3) is 0.200. The van der Waals surface area contributed by atoms with Crippen LogP contribution < -0.4 is 4.90 Å². The van der Waals surface area contributed by atoms with E-state index >= 15 is 0 Å². The van der Waals surface area contributed by atoms with Crippen LogP contribution in [-0.4, -0.2) is 13.6 Å². The lowest BCUT2D eigenvalue weighted by molar-refractivity contribution is 0.887. The SMILES string of the molecule is CN1CCc2cc(S)ccc2-c2ccccc21. The van der Waals surface area contributed by atoms with Crippen molar-refractivity contribution in [2.75, 3.05) is 18.5 Å². The monoisotopic (exact) mass is 241 g/mol. The van der Waals surface area contributed by atoms with Crippen molar-refractivity contribution < 1.29 is 0 Å². The second-order valence-corrected chi connectivity index (χ2v) is 5.05. The number of para-hydroxylation sites is 1. The Bertz CT molecular complexity index is 563. The molecule has 86 valence electrons. The van der Waals surface area contributed by atoms with Crippen molar-refractivity contribution in [2.45, 2.75) is 11.3 Å². The third kappa shape index (κ3) is 1.83. The van der Waals surface area contributed by atoms with Crippen LogP contribution in [0.2, 0.25) is 0 Å². The van der Waals surface area contributed by atoms with E-state index in [9.17, 15) is 0 Å². The molecule has 0 bridgehead atoms. The molecule has 1 nitrogen and oxygen atoms in total. The molecule has 1 aliphatic heterocycles. The summed E-state index contributed by atoms with van der Waals surface area (Å²) in [4.78, 5) is 3.37. The van der Waals surface area contributed by atoms with Crippen molar-refractivity contribution in [3.8, 4) is 11.1 Å². The highest BCUT2D eigenvalue weighted by Gasteiger charge is 2.16. The zero-order chi connectivity index (χ0) is 11.8. The molecule has 0 unspecified atom stereocenters. The van der Waals surface area contributed by atoms with Crippen LogP contribution in [-0.2, 0) is 6.42 Å². The van der Waals surface area contributed by atoms with Crippen LogP contribution in [0.4, 0.5) is 5.69 Å². The number of rotatable bonds is 0. The van der Waals surface area contributed by atoms with Gasteiger partial charge in [0.1, 0.15) is 0 Å². The average Bonchev–Trinajstić information content (AvgIpc) is 2.48. The van der Waals surface area contributed by atoms with Crippen LogP contribution in [0.15, 0.2) is 47.4 Å². The second kappa shape index (κ2) is 4.11. The van der Waals surface area contributed by atoms with E-state index < -0.39 is 0 Å². The van der Waals surface area contributed by atoms with Gasteiger partial charge in [-0.1, -0.05) is 24.3 Å². The van der Waals surface area contributed by atoms with Gasteiger partial charge in [-0.2, -0.15) is 0 Å². The maximum absolute atomic E-state index is 4.43. The van der Waals surface area contributed by atoms with Crippen molar-refractivity contribution in [3.05, 3.63) is 48.0 Å². The van der Waals surface area contributed by atoms with Crippen molar-refractivity contribution in [3.63, 3.8) is 0 Å². The molecule has 0 atom stereocenters. The van der Waals surface area contributed by atoms with Crippen molar-refractivity contribution >= 4 is 18.3 Å². The summed E-state index contributed by atoms with van der Waals surface area (Å²) in [6.45, 7) is 1.06. The molecule has 1 heterocycles. The number of fused-ring (bicyclic) bond motifs is 3. The Balaban J connectivity index is 2.26. The lowest BCUT2D eigenvalue weighted by atomic mass is 9.98. The van der Waals surface area contributed by atoms with Crippen molar-refractivity contribution in [1.29, 1.82) is 0 Å². The molecule has 0 saturated heterocycles. The molecule has 0 aliphatic carbocycles. The number of likely N-dealkylation sites (N-methyl/N-ethyl adjacent to an activating group) is 1. The Kier molecular flexibility index (Phi) is 2.60. The van der Waals surface area contributed by atoms with Crippen LogP contribution >= 0.6 is 12.6 Å². The van der Waals surface area contributed by atoms with Crippen LogP contribution in [0.1, 0.15) is 5.56 Å². The van der Waals surface area contributed by atoms with Gasteiger partial charge in [0.2, 0.25) is 0 Å². The first-order valence-corrected chi connectivity index (χ1v) is 6.33. The quantitative estimate of drug-likeness (QED) is 0.689. The summed E-state index contributed by atoms with van der Waals surface area (Å²) in [5, 5.41) is 0.